The summed E-state index contributed by atoms with van der Waals surface area (Å²) in [6, 6.07) is 0. The number of hydrogen-bond donors (Lipinski definition) is 1. The standard InChI is InChI=1S/C17H28Cl3NO3Si/c1-7-8-12-9-10-13(24-15(21)17(18,19)20)14(23-12)11-22-25(5,6)16(2,3)4/h7,9-10,12-14,21H,1,8,11H2,2-6H3/t12-,13+,14-/m1/s1. The third kappa shape index (κ3) is 6.89. The van der Waals surface area contributed by atoms with Crippen LogP contribution >= 0.6 is 34.8 Å². The first-order chi connectivity index (χ1) is 11.3. The molecule has 0 aliphatic carbocycles. The summed E-state index contributed by atoms with van der Waals surface area (Å²) < 4.78 is 15.9. The summed E-state index contributed by atoms with van der Waals surface area (Å²) in [5, 5.41) is 7.88. The highest BCUT2D eigenvalue weighted by molar-refractivity contribution is 6.76. The number of alkyl halides is 3. The van der Waals surface area contributed by atoms with E-state index in [1.54, 1.807) is 6.08 Å². The van der Waals surface area contributed by atoms with E-state index in [0.29, 0.717) is 13.0 Å². The van der Waals surface area contributed by atoms with Crippen molar-refractivity contribution in [1.82, 2.24) is 0 Å². The highest BCUT2D eigenvalue weighted by Gasteiger charge is 2.40. The minimum atomic E-state index is -1.95. The molecule has 0 amide bonds. The van der Waals surface area contributed by atoms with Crippen LogP contribution in [0.3, 0.4) is 0 Å². The van der Waals surface area contributed by atoms with E-state index in [4.69, 9.17) is 54.1 Å². The van der Waals surface area contributed by atoms with Gasteiger partial charge in [0.1, 0.15) is 12.2 Å². The van der Waals surface area contributed by atoms with E-state index < -0.39 is 30.2 Å². The molecule has 0 aromatic heterocycles. The lowest BCUT2D eigenvalue weighted by Crippen LogP contribution is -2.48. The Balaban J connectivity index is 2.87. The Morgan fingerprint density at radius 2 is 1.88 bits per heavy atom. The summed E-state index contributed by atoms with van der Waals surface area (Å²) in [4.78, 5) is 0. The molecule has 0 unspecified atom stereocenters. The Kier molecular flexibility index (Phi) is 8.06. The molecule has 4 nitrogen and oxygen atoms in total. The van der Waals surface area contributed by atoms with Crippen LogP contribution in [-0.2, 0) is 13.9 Å². The van der Waals surface area contributed by atoms with Crippen LogP contribution in [0.25, 0.3) is 0 Å². The van der Waals surface area contributed by atoms with Crippen LogP contribution in [0.4, 0.5) is 0 Å². The van der Waals surface area contributed by atoms with Crippen LogP contribution in [-0.4, -0.2) is 42.9 Å². The maximum absolute atomic E-state index is 7.80. The first-order valence-corrected chi connectivity index (χ1v) is 12.2. The lowest BCUT2D eigenvalue weighted by atomic mass is 10.1. The molecule has 0 aromatic rings. The molecule has 0 bridgehead atoms. The van der Waals surface area contributed by atoms with Gasteiger partial charge in [0.05, 0.1) is 12.7 Å². The molecule has 1 heterocycles. The van der Waals surface area contributed by atoms with Crippen molar-refractivity contribution in [1.29, 1.82) is 5.41 Å². The van der Waals surface area contributed by atoms with E-state index in [1.165, 1.54) is 0 Å². The van der Waals surface area contributed by atoms with E-state index in [9.17, 15) is 0 Å². The average molecular weight is 429 g/mol. The molecule has 0 radical (unpaired) electrons. The average Bonchev–Trinajstić information content (AvgIpc) is 2.45. The Bertz CT molecular complexity index is 512. The van der Waals surface area contributed by atoms with E-state index in [1.807, 2.05) is 12.2 Å². The molecular formula is C17H28Cl3NO3Si. The third-order valence-corrected chi connectivity index (χ3v) is 9.57. The second-order valence-electron chi connectivity index (χ2n) is 7.60. The monoisotopic (exact) mass is 427 g/mol. The fraction of sp³-hybridized carbons (Fsp3) is 0.706. The summed E-state index contributed by atoms with van der Waals surface area (Å²) in [5.41, 5.74) is 0. The Morgan fingerprint density at radius 3 is 2.36 bits per heavy atom. The molecule has 1 aliphatic heterocycles. The summed E-state index contributed by atoms with van der Waals surface area (Å²) in [6.45, 7) is 15.0. The molecule has 1 N–H and O–H groups in total. The van der Waals surface area contributed by atoms with Crippen LogP contribution < -0.4 is 0 Å². The lowest BCUT2D eigenvalue weighted by molar-refractivity contribution is -0.0718. The second-order valence-corrected chi connectivity index (χ2v) is 14.7. The van der Waals surface area contributed by atoms with E-state index >= 15 is 0 Å². The summed E-state index contributed by atoms with van der Waals surface area (Å²) >= 11 is 17.2. The summed E-state index contributed by atoms with van der Waals surface area (Å²) in [6.07, 6.45) is 5.15. The van der Waals surface area contributed by atoms with Crippen LogP contribution in [0.1, 0.15) is 27.2 Å². The number of nitrogens with one attached hydrogen (secondary N) is 1. The van der Waals surface area contributed by atoms with Crippen molar-refractivity contribution in [2.45, 2.75) is 67.4 Å². The van der Waals surface area contributed by atoms with Gasteiger partial charge < -0.3 is 13.9 Å². The van der Waals surface area contributed by atoms with Crippen LogP contribution in [0.2, 0.25) is 18.1 Å². The zero-order chi connectivity index (χ0) is 19.5. The van der Waals surface area contributed by atoms with E-state index in [2.05, 4.69) is 40.4 Å². The normalized spacial score (nSPS) is 24.9. The molecule has 0 saturated carbocycles. The molecule has 1 rings (SSSR count). The molecule has 3 atom stereocenters. The molecule has 144 valence electrons. The topological polar surface area (TPSA) is 51.5 Å². The lowest BCUT2D eigenvalue weighted by Gasteiger charge is -2.39. The van der Waals surface area contributed by atoms with Gasteiger partial charge >= 0.3 is 0 Å². The Morgan fingerprint density at radius 1 is 1.28 bits per heavy atom. The van der Waals surface area contributed by atoms with Crippen molar-refractivity contribution in [3.63, 3.8) is 0 Å². The van der Waals surface area contributed by atoms with Crippen molar-refractivity contribution in [3.05, 3.63) is 24.8 Å². The molecule has 8 heteroatoms. The van der Waals surface area contributed by atoms with Crippen LogP contribution in [0, 0.1) is 5.41 Å². The van der Waals surface area contributed by atoms with E-state index in [-0.39, 0.29) is 11.1 Å². The third-order valence-electron chi connectivity index (χ3n) is 4.56. The largest absolute Gasteiger partial charge is 0.468 e. The second kappa shape index (κ2) is 8.76. The van der Waals surface area contributed by atoms with Crippen molar-refractivity contribution in [3.8, 4) is 0 Å². The predicted molar refractivity (Wildman–Crippen MR) is 109 cm³/mol. The maximum atomic E-state index is 7.80. The van der Waals surface area contributed by atoms with Crippen molar-refractivity contribution in [2.75, 3.05) is 6.61 Å². The number of hydrogen-bond acceptors (Lipinski definition) is 4. The highest BCUT2D eigenvalue weighted by Crippen LogP contribution is 2.37. The molecule has 0 saturated heterocycles. The van der Waals surface area contributed by atoms with Crippen LogP contribution in [0.15, 0.2) is 24.8 Å². The summed E-state index contributed by atoms with van der Waals surface area (Å²) in [5.74, 6) is -0.435. The molecular weight excluding hydrogens is 401 g/mol. The van der Waals surface area contributed by atoms with Gasteiger partial charge in [-0.2, -0.15) is 0 Å². The van der Waals surface area contributed by atoms with Gasteiger partial charge in [0.2, 0.25) is 5.90 Å². The zero-order valence-corrected chi connectivity index (χ0v) is 18.7. The van der Waals surface area contributed by atoms with Gasteiger partial charge in [-0.05, 0) is 30.6 Å². The van der Waals surface area contributed by atoms with Gasteiger partial charge in [-0.3, -0.25) is 5.41 Å². The number of halogens is 3. The summed E-state index contributed by atoms with van der Waals surface area (Å²) in [7, 11) is -1.95. The molecule has 1 aliphatic rings. The van der Waals surface area contributed by atoms with Gasteiger partial charge in [0, 0.05) is 0 Å². The van der Waals surface area contributed by atoms with Crippen molar-refractivity contribution < 1.29 is 13.9 Å². The number of ether oxygens (including phenoxy) is 2. The highest BCUT2D eigenvalue weighted by atomic mass is 35.6. The van der Waals surface area contributed by atoms with E-state index in [0.717, 1.165) is 0 Å². The van der Waals surface area contributed by atoms with Crippen molar-refractivity contribution >= 4 is 49.0 Å². The van der Waals surface area contributed by atoms with Gasteiger partial charge in [-0.15, -0.1) is 6.58 Å². The first kappa shape index (κ1) is 23.0. The SMILES string of the molecule is C=CC[C@@H]1C=C[C@H](OC(=N)C(Cl)(Cl)Cl)[C@@H](CO[Si](C)(C)C(C)(C)C)O1. The Hall–Kier alpha value is -0.0431. The van der Waals surface area contributed by atoms with Gasteiger partial charge in [0.15, 0.2) is 8.32 Å². The Labute approximate surface area is 167 Å². The van der Waals surface area contributed by atoms with Crippen LogP contribution in [0.5, 0.6) is 0 Å². The van der Waals surface area contributed by atoms with Gasteiger partial charge in [-0.25, -0.2) is 0 Å². The molecule has 0 fully saturated rings. The fourth-order valence-corrected chi connectivity index (χ4v) is 3.11. The molecule has 0 spiro atoms. The van der Waals surface area contributed by atoms with Crippen molar-refractivity contribution in [2.24, 2.45) is 0 Å². The smallest absolute Gasteiger partial charge is 0.265 e. The predicted octanol–water partition coefficient (Wildman–Crippen LogP) is 5.64. The molecule has 25 heavy (non-hydrogen) atoms. The fourth-order valence-electron chi connectivity index (χ4n) is 1.96. The minimum absolute atomic E-state index is 0.0820. The number of rotatable bonds is 6. The van der Waals surface area contributed by atoms with Gasteiger partial charge in [-0.1, -0.05) is 67.7 Å². The minimum Gasteiger partial charge on any atom is -0.468 e. The molecule has 0 aromatic carbocycles. The van der Waals surface area contributed by atoms with Gasteiger partial charge in [0.25, 0.3) is 3.79 Å². The first-order valence-electron chi connectivity index (χ1n) is 8.19. The quantitative estimate of drug-likeness (QED) is 0.196. The maximum Gasteiger partial charge on any atom is 0.265 e. The zero-order valence-electron chi connectivity index (χ0n) is 15.4.